The van der Waals surface area contributed by atoms with Gasteiger partial charge in [-0.1, -0.05) is 30.3 Å². The van der Waals surface area contributed by atoms with Crippen molar-refractivity contribution >= 4 is 0 Å². The molecule has 2 rings (SSSR count). The summed E-state index contributed by atoms with van der Waals surface area (Å²) < 4.78 is 31.4. The van der Waals surface area contributed by atoms with Crippen molar-refractivity contribution in [1.29, 1.82) is 0 Å². The number of nitrogens with two attached hydrogens (primary N) is 1. The van der Waals surface area contributed by atoms with E-state index in [2.05, 4.69) is 0 Å². The molecule has 1 atom stereocenters. The Kier molecular flexibility index (Phi) is 4.88. The van der Waals surface area contributed by atoms with Crippen molar-refractivity contribution in [3.8, 4) is 5.75 Å². The van der Waals surface area contributed by atoms with Gasteiger partial charge >= 0.3 is 0 Å². The highest BCUT2D eigenvalue weighted by Gasteiger charge is 2.26. The second kappa shape index (κ2) is 6.65. The molecule has 0 aromatic heterocycles. The minimum Gasteiger partial charge on any atom is -0.493 e. The van der Waals surface area contributed by atoms with Crippen LogP contribution in [0.1, 0.15) is 12.0 Å². The van der Waals surface area contributed by atoms with E-state index in [1.54, 1.807) is 0 Å². The van der Waals surface area contributed by atoms with E-state index < -0.39 is 17.2 Å². The van der Waals surface area contributed by atoms with Crippen molar-refractivity contribution in [3.63, 3.8) is 0 Å². The Labute approximate surface area is 122 Å². The van der Waals surface area contributed by atoms with E-state index in [9.17, 15) is 13.9 Å². The van der Waals surface area contributed by atoms with Gasteiger partial charge in [-0.3, -0.25) is 0 Å². The average molecular weight is 293 g/mol. The molecule has 2 aromatic rings. The molecule has 0 aliphatic carbocycles. The monoisotopic (exact) mass is 293 g/mol. The van der Waals surface area contributed by atoms with Gasteiger partial charge in [-0.25, -0.2) is 8.78 Å². The summed E-state index contributed by atoms with van der Waals surface area (Å²) in [6.45, 7) is -0.118. The molecule has 5 heteroatoms. The van der Waals surface area contributed by atoms with Crippen LogP contribution in [0.5, 0.6) is 5.75 Å². The van der Waals surface area contributed by atoms with Crippen LogP contribution >= 0.6 is 0 Å². The van der Waals surface area contributed by atoms with E-state index in [1.165, 1.54) is 0 Å². The van der Waals surface area contributed by atoms with Gasteiger partial charge in [0.1, 0.15) is 17.4 Å². The molecule has 0 saturated carbocycles. The van der Waals surface area contributed by atoms with Crippen LogP contribution in [0.4, 0.5) is 8.78 Å². The zero-order chi connectivity index (χ0) is 15.3. The predicted octanol–water partition coefficient (Wildman–Crippen LogP) is 2.58. The van der Waals surface area contributed by atoms with E-state index in [0.29, 0.717) is 6.42 Å². The van der Waals surface area contributed by atoms with E-state index in [0.717, 1.165) is 23.8 Å². The molecule has 0 radical (unpaired) electrons. The van der Waals surface area contributed by atoms with E-state index in [4.69, 9.17) is 10.5 Å². The number of rotatable bonds is 6. The smallest absolute Gasteiger partial charge is 0.129 e. The molecule has 1 unspecified atom stereocenters. The lowest BCUT2D eigenvalue weighted by Gasteiger charge is -2.27. The Hall–Kier alpha value is -1.98. The minimum absolute atomic E-state index is 0.0980. The quantitative estimate of drug-likeness (QED) is 0.860. The van der Waals surface area contributed by atoms with Gasteiger partial charge in [0, 0.05) is 24.6 Å². The van der Waals surface area contributed by atoms with Gasteiger partial charge in [-0.2, -0.15) is 0 Å². The van der Waals surface area contributed by atoms with Crippen LogP contribution in [0.3, 0.4) is 0 Å². The van der Waals surface area contributed by atoms with Crippen LogP contribution in [0.15, 0.2) is 48.5 Å². The van der Waals surface area contributed by atoms with Crippen molar-refractivity contribution in [1.82, 2.24) is 0 Å². The first-order chi connectivity index (χ1) is 10.0. The van der Waals surface area contributed by atoms with Crippen molar-refractivity contribution in [3.05, 3.63) is 65.7 Å². The van der Waals surface area contributed by atoms with Crippen LogP contribution in [-0.4, -0.2) is 18.3 Å². The van der Waals surface area contributed by atoms with Gasteiger partial charge in [0.25, 0.3) is 0 Å². The summed E-state index contributed by atoms with van der Waals surface area (Å²) >= 11 is 0. The van der Waals surface area contributed by atoms with Crippen molar-refractivity contribution < 1.29 is 18.6 Å². The Morgan fingerprint density at radius 2 is 1.67 bits per heavy atom. The van der Waals surface area contributed by atoms with E-state index in [1.807, 2.05) is 30.3 Å². The molecule has 0 saturated heterocycles. The lowest BCUT2D eigenvalue weighted by atomic mass is 9.89. The molecule has 3 nitrogen and oxygen atoms in total. The number of aliphatic hydroxyl groups is 1. The molecule has 112 valence electrons. The van der Waals surface area contributed by atoms with Gasteiger partial charge in [0.05, 0.1) is 18.8 Å². The van der Waals surface area contributed by atoms with Crippen molar-refractivity contribution in [2.75, 3.05) is 13.2 Å². The van der Waals surface area contributed by atoms with Crippen molar-refractivity contribution in [2.24, 2.45) is 5.73 Å². The molecule has 0 spiro atoms. The lowest BCUT2D eigenvalue weighted by molar-refractivity contribution is 0.162. The third-order valence-corrected chi connectivity index (χ3v) is 3.28. The highest BCUT2D eigenvalue weighted by atomic mass is 19.1. The maximum absolute atomic E-state index is 13.0. The molecule has 3 N–H and O–H groups in total. The highest BCUT2D eigenvalue weighted by molar-refractivity contribution is 5.25. The first-order valence-electron chi connectivity index (χ1n) is 6.58. The van der Waals surface area contributed by atoms with Crippen LogP contribution < -0.4 is 10.5 Å². The summed E-state index contributed by atoms with van der Waals surface area (Å²) in [7, 11) is 0. The minimum atomic E-state index is -0.951. The number of ether oxygens (including phenoxy) is 1. The van der Waals surface area contributed by atoms with Crippen molar-refractivity contribution in [2.45, 2.75) is 12.0 Å². The third kappa shape index (κ3) is 4.00. The molecular weight excluding hydrogens is 276 g/mol. The van der Waals surface area contributed by atoms with Crippen LogP contribution in [0.25, 0.3) is 0 Å². The Morgan fingerprint density at radius 1 is 1.05 bits per heavy atom. The van der Waals surface area contributed by atoms with Gasteiger partial charge in [0.2, 0.25) is 0 Å². The van der Waals surface area contributed by atoms with Gasteiger partial charge in [-0.15, -0.1) is 0 Å². The van der Waals surface area contributed by atoms with Gasteiger partial charge in [0.15, 0.2) is 0 Å². The van der Waals surface area contributed by atoms with E-state index in [-0.39, 0.29) is 19.0 Å². The largest absolute Gasteiger partial charge is 0.493 e. The Bertz CT molecular complexity index is 572. The summed E-state index contributed by atoms with van der Waals surface area (Å²) in [5.41, 5.74) is 5.99. The molecule has 0 fully saturated rings. The molecule has 0 bridgehead atoms. The molecule has 2 aromatic carbocycles. The summed E-state index contributed by atoms with van der Waals surface area (Å²) in [6.07, 6.45) is 0.311. The molecule has 0 heterocycles. The second-order valence-corrected chi connectivity index (χ2v) is 4.88. The molecule has 0 aliphatic rings. The normalized spacial score (nSPS) is 13.7. The first-order valence-corrected chi connectivity index (χ1v) is 6.58. The third-order valence-electron chi connectivity index (χ3n) is 3.28. The maximum atomic E-state index is 13.0. The van der Waals surface area contributed by atoms with Crippen LogP contribution in [-0.2, 0) is 5.54 Å². The number of aliphatic hydroxyl groups excluding tert-OH is 1. The number of halogens is 2. The van der Waals surface area contributed by atoms with Gasteiger partial charge < -0.3 is 15.6 Å². The first kappa shape index (κ1) is 15.4. The maximum Gasteiger partial charge on any atom is 0.129 e. The zero-order valence-corrected chi connectivity index (χ0v) is 11.4. The summed E-state index contributed by atoms with van der Waals surface area (Å²) in [6, 6.07) is 12.1. The molecule has 0 aliphatic heterocycles. The van der Waals surface area contributed by atoms with Crippen LogP contribution in [0.2, 0.25) is 0 Å². The van der Waals surface area contributed by atoms with Gasteiger partial charge in [-0.05, 0) is 5.56 Å². The van der Waals surface area contributed by atoms with E-state index >= 15 is 0 Å². The fourth-order valence-corrected chi connectivity index (χ4v) is 2.05. The standard InChI is InChI=1S/C16H17F2NO2/c17-13-8-14(18)10-15(9-13)21-7-6-16(19,11-20)12-4-2-1-3-5-12/h1-5,8-10,20H,6-7,11,19H2. The fourth-order valence-electron chi connectivity index (χ4n) is 2.05. The SMILES string of the molecule is NC(CO)(CCOc1cc(F)cc(F)c1)c1ccccc1. The zero-order valence-electron chi connectivity index (χ0n) is 11.4. The molecular formula is C16H17F2NO2. The number of benzene rings is 2. The highest BCUT2D eigenvalue weighted by Crippen LogP contribution is 2.23. The average Bonchev–Trinajstić information content (AvgIpc) is 2.47. The Morgan fingerprint density at radius 3 is 2.24 bits per heavy atom. The summed E-state index contributed by atoms with van der Waals surface area (Å²) in [5.74, 6) is -1.30. The fraction of sp³-hybridized carbons (Fsp3) is 0.250. The summed E-state index contributed by atoms with van der Waals surface area (Å²) in [5, 5.41) is 9.52. The van der Waals surface area contributed by atoms with Crippen LogP contribution in [0, 0.1) is 11.6 Å². The number of hydrogen-bond acceptors (Lipinski definition) is 3. The second-order valence-electron chi connectivity index (χ2n) is 4.88. The molecule has 21 heavy (non-hydrogen) atoms. The lowest BCUT2D eigenvalue weighted by Crippen LogP contribution is -2.41. The molecule has 0 amide bonds. The predicted molar refractivity (Wildman–Crippen MR) is 75.9 cm³/mol. The Balaban J connectivity index is 2.00. The number of hydrogen-bond donors (Lipinski definition) is 2. The summed E-state index contributed by atoms with van der Waals surface area (Å²) in [4.78, 5) is 0. The topological polar surface area (TPSA) is 55.5 Å².